The van der Waals surface area contributed by atoms with Gasteiger partial charge in [-0.05, 0) is 30.0 Å². The van der Waals surface area contributed by atoms with E-state index < -0.39 is 0 Å². The van der Waals surface area contributed by atoms with Crippen LogP contribution in [0.25, 0.3) is 26.9 Å². The molecule has 0 bridgehead atoms. The van der Waals surface area contributed by atoms with Crippen LogP contribution in [0.15, 0.2) is 54.7 Å². The van der Waals surface area contributed by atoms with Crippen molar-refractivity contribution in [3.05, 3.63) is 71.7 Å². The van der Waals surface area contributed by atoms with Gasteiger partial charge in [0.2, 0.25) is 5.69 Å². The summed E-state index contributed by atoms with van der Waals surface area (Å²) in [4.78, 5) is 3.51. The highest BCUT2D eigenvalue weighted by Crippen LogP contribution is 2.29. The van der Waals surface area contributed by atoms with E-state index in [1.807, 2.05) is 18.2 Å². The molecular formula is C18H15N2+. The van der Waals surface area contributed by atoms with Gasteiger partial charge in [0.25, 0.3) is 0 Å². The van der Waals surface area contributed by atoms with Crippen molar-refractivity contribution in [2.75, 3.05) is 0 Å². The first-order valence-electron chi connectivity index (χ1n) is 6.56. The molecule has 1 heterocycles. The molecule has 0 saturated carbocycles. The van der Waals surface area contributed by atoms with Gasteiger partial charge in [-0.25, -0.2) is 9.41 Å². The summed E-state index contributed by atoms with van der Waals surface area (Å²) < 4.78 is 2.14. The molecular weight excluding hydrogens is 244 g/mol. The minimum Gasteiger partial charge on any atom is -0.238 e. The average Bonchev–Trinajstić information content (AvgIpc) is 2.48. The van der Waals surface area contributed by atoms with Crippen molar-refractivity contribution in [3.63, 3.8) is 0 Å². The summed E-state index contributed by atoms with van der Waals surface area (Å²) in [6.45, 7) is 9.26. The van der Waals surface area contributed by atoms with E-state index in [9.17, 15) is 0 Å². The van der Waals surface area contributed by atoms with Crippen molar-refractivity contribution in [2.45, 2.75) is 6.92 Å². The van der Waals surface area contributed by atoms with Gasteiger partial charge in [-0.2, -0.15) is 0 Å². The van der Waals surface area contributed by atoms with Crippen LogP contribution in [0, 0.1) is 13.5 Å². The van der Waals surface area contributed by atoms with E-state index in [4.69, 9.17) is 6.57 Å². The molecule has 96 valence electrons. The second kappa shape index (κ2) is 4.79. The smallest absolute Gasteiger partial charge is 0.220 e. The molecule has 3 rings (SSSR count). The first-order valence-corrected chi connectivity index (χ1v) is 6.56. The van der Waals surface area contributed by atoms with Crippen LogP contribution in [0.1, 0.15) is 5.56 Å². The summed E-state index contributed by atoms with van der Waals surface area (Å²) in [6, 6.07) is 16.3. The fourth-order valence-corrected chi connectivity index (χ4v) is 2.60. The highest BCUT2D eigenvalue weighted by atomic mass is 14.9. The van der Waals surface area contributed by atoms with Crippen LogP contribution >= 0.6 is 0 Å². The molecule has 0 radical (unpaired) electrons. The topological polar surface area (TPSA) is 8.24 Å². The van der Waals surface area contributed by atoms with Crippen LogP contribution in [0.2, 0.25) is 0 Å². The lowest BCUT2D eigenvalue weighted by Gasteiger charge is -2.07. The zero-order valence-corrected chi connectivity index (χ0v) is 11.6. The SMILES string of the molecule is [C-]#[N+]c1ccc2c(-c3ccccc3C)[n+](C)ccc2c1. The van der Waals surface area contributed by atoms with Crippen LogP contribution in [-0.2, 0) is 7.05 Å². The second-order valence-corrected chi connectivity index (χ2v) is 4.97. The summed E-state index contributed by atoms with van der Waals surface area (Å²) in [7, 11) is 2.06. The number of rotatable bonds is 1. The van der Waals surface area contributed by atoms with Crippen LogP contribution in [0.4, 0.5) is 5.69 Å². The summed E-state index contributed by atoms with van der Waals surface area (Å²) in [5.41, 5.74) is 4.36. The number of pyridine rings is 1. The van der Waals surface area contributed by atoms with Gasteiger partial charge >= 0.3 is 0 Å². The van der Waals surface area contributed by atoms with Crippen molar-refractivity contribution >= 4 is 16.5 Å². The van der Waals surface area contributed by atoms with E-state index in [0.29, 0.717) is 5.69 Å². The van der Waals surface area contributed by atoms with E-state index in [1.54, 1.807) is 0 Å². The molecule has 20 heavy (non-hydrogen) atoms. The lowest BCUT2D eigenvalue weighted by molar-refractivity contribution is -0.659. The quantitative estimate of drug-likeness (QED) is 0.457. The van der Waals surface area contributed by atoms with Crippen LogP contribution in [0.3, 0.4) is 0 Å². The molecule has 0 N–H and O–H groups in total. The number of nitrogens with zero attached hydrogens (tertiary/aromatic N) is 2. The van der Waals surface area contributed by atoms with E-state index >= 15 is 0 Å². The Balaban J connectivity index is 2.38. The molecule has 2 heteroatoms. The summed E-state index contributed by atoms with van der Waals surface area (Å²) in [5, 5.41) is 2.28. The molecule has 0 aliphatic carbocycles. The van der Waals surface area contributed by atoms with Crippen LogP contribution in [-0.4, -0.2) is 0 Å². The highest BCUT2D eigenvalue weighted by molar-refractivity contribution is 5.95. The minimum atomic E-state index is 0.682. The Kier molecular flexibility index (Phi) is 2.96. The molecule has 0 fully saturated rings. The average molecular weight is 259 g/mol. The van der Waals surface area contributed by atoms with E-state index in [0.717, 1.165) is 5.39 Å². The number of aromatic nitrogens is 1. The zero-order chi connectivity index (χ0) is 14.1. The van der Waals surface area contributed by atoms with Gasteiger partial charge in [-0.15, -0.1) is 0 Å². The van der Waals surface area contributed by atoms with Crippen molar-refractivity contribution in [1.29, 1.82) is 0 Å². The molecule has 0 unspecified atom stereocenters. The van der Waals surface area contributed by atoms with Crippen LogP contribution < -0.4 is 4.57 Å². The van der Waals surface area contributed by atoms with Gasteiger partial charge in [-0.1, -0.05) is 30.3 Å². The molecule has 0 aliphatic rings. The third kappa shape index (κ3) is 1.94. The maximum atomic E-state index is 7.13. The molecule has 0 spiro atoms. The number of aryl methyl sites for hydroxylation is 2. The standard InChI is InChI=1S/C18H15N2/c1-13-6-4-5-7-16(13)18-17-9-8-15(19-2)12-14(17)10-11-20(18)3/h4-12H,1,3H3/q+1. The fraction of sp³-hybridized carbons (Fsp3) is 0.111. The third-order valence-corrected chi connectivity index (χ3v) is 3.65. The van der Waals surface area contributed by atoms with Gasteiger partial charge < -0.3 is 0 Å². The van der Waals surface area contributed by atoms with Crippen molar-refractivity contribution in [3.8, 4) is 11.3 Å². The van der Waals surface area contributed by atoms with E-state index in [1.165, 1.54) is 22.2 Å². The fourth-order valence-electron chi connectivity index (χ4n) is 2.60. The van der Waals surface area contributed by atoms with E-state index in [-0.39, 0.29) is 0 Å². The predicted octanol–water partition coefficient (Wildman–Crippen LogP) is 4.19. The number of hydrogen-bond donors (Lipinski definition) is 0. The van der Waals surface area contributed by atoms with Gasteiger partial charge in [0.05, 0.1) is 12.0 Å². The Bertz CT molecular complexity index is 842. The lowest BCUT2D eigenvalue weighted by atomic mass is 9.99. The number of fused-ring (bicyclic) bond motifs is 1. The summed E-state index contributed by atoms with van der Waals surface area (Å²) in [5.74, 6) is 0. The minimum absolute atomic E-state index is 0.682. The molecule has 0 amide bonds. The molecule has 1 aromatic heterocycles. The Morgan fingerprint density at radius 1 is 1.05 bits per heavy atom. The largest absolute Gasteiger partial charge is 0.238 e. The normalized spacial score (nSPS) is 10.4. The Hall–Kier alpha value is -2.66. The van der Waals surface area contributed by atoms with Crippen molar-refractivity contribution in [2.24, 2.45) is 7.05 Å². The van der Waals surface area contributed by atoms with Gasteiger partial charge in [0, 0.05) is 11.6 Å². The molecule has 2 nitrogen and oxygen atoms in total. The van der Waals surface area contributed by atoms with Crippen LogP contribution in [0.5, 0.6) is 0 Å². The Morgan fingerprint density at radius 3 is 2.60 bits per heavy atom. The zero-order valence-electron chi connectivity index (χ0n) is 11.6. The van der Waals surface area contributed by atoms with Gasteiger partial charge in [0.15, 0.2) is 11.9 Å². The molecule has 0 atom stereocenters. The Labute approximate surface area is 118 Å². The van der Waals surface area contributed by atoms with E-state index in [2.05, 4.69) is 59.9 Å². The Morgan fingerprint density at radius 2 is 1.85 bits per heavy atom. The van der Waals surface area contributed by atoms with Gasteiger partial charge in [-0.3, -0.25) is 0 Å². The maximum absolute atomic E-state index is 7.13. The lowest BCUT2D eigenvalue weighted by Crippen LogP contribution is -2.30. The second-order valence-electron chi connectivity index (χ2n) is 4.97. The maximum Gasteiger partial charge on any atom is 0.220 e. The van der Waals surface area contributed by atoms with Gasteiger partial charge in [0.1, 0.15) is 7.05 Å². The molecule has 0 aliphatic heterocycles. The van der Waals surface area contributed by atoms with Crippen molar-refractivity contribution < 1.29 is 4.57 Å². The molecule has 2 aromatic carbocycles. The molecule has 0 saturated heterocycles. The third-order valence-electron chi connectivity index (χ3n) is 3.65. The number of benzene rings is 2. The summed E-state index contributed by atoms with van der Waals surface area (Å²) in [6.07, 6.45) is 2.05. The molecule has 3 aromatic rings. The summed E-state index contributed by atoms with van der Waals surface area (Å²) >= 11 is 0. The predicted molar refractivity (Wildman–Crippen MR) is 81.6 cm³/mol. The number of hydrogen-bond acceptors (Lipinski definition) is 0. The first-order chi connectivity index (χ1) is 9.70. The van der Waals surface area contributed by atoms with Crippen molar-refractivity contribution in [1.82, 2.24) is 0 Å². The highest BCUT2D eigenvalue weighted by Gasteiger charge is 2.16. The monoisotopic (exact) mass is 259 g/mol. The first kappa shape index (κ1) is 12.4.